The van der Waals surface area contributed by atoms with Gasteiger partial charge in [-0.05, 0) is 36.6 Å². The van der Waals surface area contributed by atoms with Gasteiger partial charge in [0.15, 0.2) is 0 Å². The lowest BCUT2D eigenvalue weighted by molar-refractivity contribution is 0.273. The van der Waals surface area contributed by atoms with Gasteiger partial charge in [0.1, 0.15) is 11.6 Å². The summed E-state index contributed by atoms with van der Waals surface area (Å²) >= 11 is 0. The first-order valence-corrected chi connectivity index (χ1v) is 6.88. The van der Waals surface area contributed by atoms with E-state index in [0.717, 1.165) is 6.42 Å². The van der Waals surface area contributed by atoms with Crippen molar-refractivity contribution in [1.29, 1.82) is 0 Å². The van der Waals surface area contributed by atoms with Crippen LogP contribution < -0.4 is 4.74 Å². The van der Waals surface area contributed by atoms with Gasteiger partial charge in [-0.2, -0.15) is 0 Å². The lowest BCUT2D eigenvalue weighted by atomic mass is 9.78. The third-order valence-electron chi connectivity index (χ3n) is 3.88. The Kier molecular flexibility index (Phi) is 3.60. The van der Waals surface area contributed by atoms with Crippen LogP contribution in [0.25, 0.3) is 0 Å². The van der Waals surface area contributed by atoms with Gasteiger partial charge in [0.05, 0.1) is 12.3 Å². The maximum absolute atomic E-state index is 13.4. The third-order valence-corrected chi connectivity index (χ3v) is 3.88. The monoisotopic (exact) mass is 285 g/mol. The molecule has 1 unspecified atom stereocenters. The highest BCUT2D eigenvalue weighted by Gasteiger charge is 2.26. The van der Waals surface area contributed by atoms with Gasteiger partial charge in [-0.25, -0.2) is 4.39 Å². The summed E-state index contributed by atoms with van der Waals surface area (Å²) in [5.74, 6) is 0.381. The number of nitrogens with zero attached hydrogens (tertiary/aromatic N) is 1. The van der Waals surface area contributed by atoms with Crippen molar-refractivity contribution in [2.45, 2.75) is 19.3 Å². The van der Waals surface area contributed by atoms with Crippen LogP contribution in [-0.4, -0.2) is 17.5 Å². The molecule has 0 saturated heterocycles. The molecule has 0 saturated carbocycles. The van der Waals surface area contributed by atoms with Crippen LogP contribution in [0, 0.1) is 5.82 Å². The van der Waals surface area contributed by atoms with Crippen LogP contribution in [0.4, 0.5) is 4.39 Å². The number of oxime groups is 1. The molecular weight excluding hydrogens is 269 g/mol. The summed E-state index contributed by atoms with van der Waals surface area (Å²) in [5.41, 5.74) is 3.65. The van der Waals surface area contributed by atoms with Gasteiger partial charge >= 0.3 is 0 Å². The summed E-state index contributed by atoms with van der Waals surface area (Å²) in [5, 5.41) is 12.0. The standard InChI is InChI=1S/C17H16FNO2/c1-11(19-20)15-7-6-14(18)9-17(15)21-10-13-8-12-4-2-3-5-16(12)13/h2-7,9,13,20H,8,10H2,1H3. The highest BCUT2D eigenvalue weighted by atomic mass is 19.1. The Labute approximate surface area is 122 Å². The normalized spacial score (nSPS) is 17.0. The van der Waals surface area contributed by atoms with Crippen LogP contribution in [0.3, 0.4) is 0 Å². The molecule has 1 N–H and O–H groups in total. The summed E-state index contributed by atoms with van der Waals surface area (Å²) in [6.07, 6.45) is 0.980. The van der Waals surface area contributed by atoms with Crippen LogP contribution >= 0.6 is 0 Å². The Bertz CT molecular complexity index is 697. The topological polar surface area (TPSA) is 41.8 Å². The van der Waals surface area contributed by atoms with E-state index in [0.29, 0.717) is 29.5 Å². The highest BCUT2D eigenvalue weighted by molar-refractivity contribution is 6.00. The predicted octanol–water partition coefficient (Wildman–Crippen LogP) is 3.74. The molecule has 3 rings (SSSR count). The van der Waals surface area contributed by atoms with Crippen molar-refractivity contribution in [3.05, 3.63) is 65.0 Å². The molecule has 0 aliphatic heterocycles. The van der Waals surface area contributed by atoms with Crippen LogP contribution in [0.5, 0.6) is 5.75 Å². The smallest absolute Gasteiger partial charge is 0.131 e. The Morgan fingerprint density at radius 1 is 1.33 bits per heavy atom. The van der Waals surface area contributed by atoms with Crippen LogP contribution in [-0.2, 0) is 6.42 Å². The van der Waals surface area contributed by atoms with E-state index in [9.17, 15) is 4.39 Å². The van der Waals surface area contributed by atoms with Gasteiger partial charge in [-0.15, -0.1) is 0 Å². The zero-order valence-corrected chi connectivity index (χ0v) is 11.7. The van der Waals surface area contributed by atoms with E-state index >= 15 is 0 Å². The third kappa shape index (κ3) is 2.61. The molecule has 21 heavy (non-hydrogen) atoms. The average molecular weight is 285 g/mol. The zero-order chi connectivity index (χ0) is 14.8. The molecule has 1 aliphatic rings. The Morgan fingerprint density at radius 3 is 2.90 bits per heavy atom. The average Bonchev–Trinajstić information content (AvgIpc) is 2.47. The summed E-state index contributed by atoms with van der Waals surface area (Å²) in [6.45, 7) is 2.14. The van der Waals surface area contributed by atoms with Gasteiger partial charge in [0.2, 0.25) is 0 Å². The molecule has 0 heterocycles. The van der Waals surface area contributed by atoms with E-state index in [1.807, 2.05) is 12.1 Å². The van der Waals surface area contributed by atoms with E-state index in [1.165, 1.54) is 23.3 Å². The fourth-order valence-electron chi connectivity index (χ4n) is 2.67. The fourth-order valence-corrected chi connectivity index (χ4v) is 2.67. The predicted molar refractivity (Wildman–Crippen MR) is 78.8 cm³/mol. The molecule has 108 valence electrons. The quantitative estimate of drug-likeness (QED) is 0.528. The number of hydrogen-bond acceptors (Lipinski definition) is 3. The van der Waals surface area contributed by atoms with Crippen molar-refractivity contribution < 1.29 is 14.3 Å². The molecule has 2 aromatic rings. The summed E-state index contributed by atoms with van der Waals surface area (Å²) in [7, 11) is 0. The second-order valence-corrected chi connectivity index (χ2v) is 5.24. The molecule has 0 spiro atoms. The van der Waals surface area contributed by atoms with Crippen molar-refractivity contribution >= 4 is 5.71 Å². The minimum Gasteiger partial charge on any atom is -0.492 e. The number of rotatable bonds is 4. The van der Waals surface area contributed by atoms with E-state index in [2.05, 4.69) is 17.3 Å². The van der Waals surface area contributed by atoms with Crippen molar-refractivity contribution in [3.63, 3.8) is 0 Å². The van der Waals surface area contributed by atoms with Crippen LogP contribution in [0.1, 0.15) is 29.5 Å². The van der Waals surface area contributed by atoms with E-state index < -0.39 is 0 Å². The minimum atomic E-state index is -0.367. The molecule has 3 nitrogen and oxygen atoms in total. The first-order chi connectivity index (χ1) is 10.2. The van der Waals surface area contributed by atoms with Crippen molar-refractivity contribution in [2.75, 3.05) is 6.61 Å². The van der Waals surface area contributed by atoms with Crippen LogP contribution in [0.15, 0.2) is 47.6 Å². The fraction of sp³-hybridized carbons (Fsp3) is 0.235. The maximum Gasteiger partial charge on any atom is 0.131 e. The molecule has 0 bridgehead atoms. The Morgan fingerprint density at radius 2 is 2.14 bits per heavy atom. The largest absolute Gasteiger partial charge is 0.492 e. The molecule has 0 aromatic heterocycles. The zero-order valence-electron chi connectivity index (χ0n) is 11.7. The molecule has 1 atom stereocenters. The summed E-state index contributed by atoms with van der Waals surface area (Å²) < 4.78 is 19.2. The van der Waals surface area contributed by atoms with E-state index in [4.69, 9.17) is 9.94 Å². The van der Waals surface area contributed by atoms with Crippen LogP contribution in [0.2, 0.25) is 0 Å². The van der Waals surface area contributed by atoms with Gasteiger partial charge in [0.25, 0.3) is 0 Å². The second kappa shape index (κ2) is 5.56. The second-order valence-electron chi connectivity index (χ2n) is 5.24. The van der Waals surface area contributed by atoms with Gasteiger partial charge in [-0.3, -0.25) is 0 Å². The number of ether oxygens (including phenoxy) is 1. The molecule has 4 heteroatoms. The number of fused-ring (bicyclic) bond motifs is 1. The molecule has 2 aromatic carbocycles. The molecule has 0 fully saturated rings. The Balaban J connectivity index is 1.76. The van der Waals surface area contributed by atoms with Crippen molar-refractivity contribution in [1.82, 2.24) is 0 Å². The Hall–Kier alpha value is -2.36. The first kappa shape index (κ1) is 13.6. The summed E-state index contributed by atoms with van der Waals surface area (Å²) in [6, 6.07) is 12.5. The van der Waals surface area contributed by atoms with Crippen molar-refractivity contribution in [3.8, 4) is 5.75 Å². The lowest BCUT2D eigenvalue weighted by Crippen LogP contribution is -2.23. The van der Waals surface area contributed by atoms with Gasteiger partial charge < -0.3 is 9.94 Å². The molecular formula is C17H16FNO2. The van der Waals surface area contributed by atoms with Crippen molar-refractivity contribution in [2.24, 2.45) is 5.16 Å². The van der Waals surface area contributed by atoms with E-state index in [-0.39, 0.29) is 5.82 Å². The summed E-state index contributed by atoms with van der Waals surface area (Å²) in [4.78, 5) is 0. The van der Waals surface area contributed by atoms with E-state index in [1.54, 1.807) is 13.0 Å². The highest BCUT2D eigenvalue weighted by Crippen LogP contribution is 2.35. The number of hydrogen-bond donors (Lipinski definition) is 1. The molecule has 0 amide bonds. The first-order valence-electron chi connectivity index (χ1n) is 6.88. The number of halogens is 1. The lowest BCUT2D eigenvalue weighted by Gasteiger charge is -2.30. The maximum atomic E-state index is 13.4. The molecule has 1 aliphatic carbocycles. The number of benzene rings is 2. The van der Waals surface area contributed by atoms with Gasteiger partial charge in [0, 0.05) is 17.5 Å². The van der Waals surface area contributed by atoms with Gasteiger partial charge in [-0.1, -0.05) is 29.4 Å². The molecule has 0 radical (unpaired) electrons. The SMILES string of the molecule is CC(=NO)c1ccc(F)cc1OCC1Cc2ccccc21. The minimum absolute atomic E-state index is 0.337.